The second kappa shape index (κ2) is 7.75. The second-order valence-electron chi connectivity index (χ2n) is 6.21. The first-order valence-corrected chi connectivity index (χ1v) is 10.4. The van der Waals surface area contributed by atoms with Gasteiger partial charge in [0.05, 0.1) is 0 Å². The summed E-state index contributed by atoms with van der Waals surface area (Å²) in [4.78, 5) is 3.85. The van der Waals surface area contributed by atoms with Crippen molar-refractivity contribution in [1.82, 2.24) is 15.2 Å². The first-order valence-electron chi connectivity index (χ1n) is 8.77. The van der Waals surface area contributed by atoms with Crippen molar-refractivity contribution < 1.29 is 0 Å². The molecule has 0 bridgehead atoms. The van der Waals surface area contributed by atoms with Gasteiger partial charge in [-0.2, -0.15) is 5.10 Å². The molecule has 0 amide bonds. The maximum absolute atomic E-state index is 5.88. The number of hydrazone groups is 1. The Balaban J connectivity index is 1.85. The third-order valence-electron chi connectivity index (χ3n) is 4.35. The van der Waals surface area contributed by atoms with Crippen LogP contribution in [0.2, 0.25) is 0 Å². The monoisotopic (exact) mass is 396 g/mol. The molecule has 1 aliphatic heterocycles. The van der Waals surface area contributed by atoms with Gasteiger partial charge in [0, 0.05) is 18.0 Å². The smallest absolute Gasteiger partial charge is 0.230 e. The number of nitrogens with zero attached hydrogens (tertiary/aromatic N) is 5. The van der Waals surface area contributed by atoms with Gasteiger partial charge in [-0.3, -0.25) is 4.98 Å². The molecule has 0 aliphatic carbocycles. The van der Waals surface area contributed by atoms with Crippen LogP contribution in [0.5, 0.6) is 0 Å². The third-order valence-corrected chi connectivity index (χ3v) is 6.62. The van der Waals surface area contributed by atoms with E-state index in [0.717, 1.165) is 33.6 Å². The number of nitrogens with two attached hydrogens (primary N) is 1. The van der Waals surface area contributed by atoms with Crippen molar-refractivity contribution in [2.24, 2.45) is 10.8 Å². The molecule has 2 N–H and O–H groups in total. The highest BCUT2D eigenvalue weighted by Gasteiger charge is 2.47. The molecule has 8 heteroatoms. The van der Waals surface area contributed by atoms with E-state index in [1.165, 1.54) is 5.56 Å². The van der Waals surface area contributed by atoms with Crippen LogP contribution in [0.4, 0.5) is 5.13 Å². The highest BCUT2D eigenvalue weighted by atomic mass is 32.2. The molecule has 1 aromatic carbocycles. The molecule has 1 unspecified atom stereocenters. The Morgan fingerprint density at radius 3 is 2.63 bits per heavy atom. The zero-order chi connectivity index (χ0) is 18.7. The largest absolute Gasteiger partial charge is 0.330 e. The van der Waals surface area contributed by atoms with Crippen molar-refractivity contribution in [3.05, 3.63) is 71.0 Å². The summed E-state index contributed by atoms with van der Waals surface area (Å²) in [7, 11) is 0. The number of pyridine rings is 1. The maximum Gasteiger partial charge on any atom is 0.230 e. The van der Waals surface area contributed by atoms with Crippen molar-refractivity contribution in [3.8, 4) is 0 Å². The van der Waals surface area contributed by atoms with E-state index >= 15 is 0 Å². The second-order valence-corrected chi connectivity index (χ2v) is 8.63. The molecule has 4 rings (SSSR count). The number of aryl methyl sites for hydroxylation is 1. The van der Waals surface area contributed by atoms with Crippen molar-refractivity contribution >= 4 is 33.3 Å². The predicted molar refractivity (Wildman–Crippen MR) is 112 cm³/mol. The Kier molecular flexibility index (Phi) is 5.20. The van der Waals surface area contributed by atoms with E-state index in [-0.39, 0.29) is 0 Å². The fourth-order valence-electron chi connectivity index (χ4n) is 3.09. The van der Waals surface area contributed by atoms with Gasteiger partial charge in [0.15, 0.2) is 0 Å². The summed E-state index contributed by atoms with van der Waals surface area (Å²) >= 11 is 3.28. The molecule has 0 saturated heterocycles. The summed E-state index contributed by atoms with van der Waals surface area (Å²) in [6.45, 7) is 2.58. The van der Waals surface area contributed by atoms with E-state index in [2.05, 4.69) is 39.4 Å². The first-order chi connectivity index (χ1) is 13.2. The number of aromatic nitrogens is 3. The van der Waals surface area contributed by atoms with Gasteiger partial charge in [-0.05, 0) is 44.0 Å². The van der Waals surface area contributed by atoms with Gasteiger partial charge in [-0.1, -0.05) is 53.4 Å². The lowest BCUT2D eigenvalue weighted by Gasteiger charge is -2.35. The van der Waals surface area contributed by atoms with Crippen LogP contribution in [0.1, 0.15) is 29.0 Å². The summed E-state index contributed by atoms with van der Waals surface area (Å²) in [5.74, 6) is 0. The Morgan fingerprint density at radius 1 is 1.11 bits per heavy atom. The SMILES string of the molecule is Cc1nnc(N2N=C(c3cccnc3)SC2(CCCN)c2ccccc2)s1. The van der Waals surface area contributed by atoms with Crippen molar-refractivity contribution in [1.29, 1.82) is 0 Å². The van der Waals surface area contributed by atoms with Gasteiger partial charge in [0.25, 0.3) is 0 Å². The lowest BCUT2D eigenvalue weighted by atomic mass is 10.0. The molecule has 0 radical (unpaired) electrons. The van der Waals surface area contributed by atoms with E-state index in [0.29, 0.717) is 6.54 Å². The Morgan fingerprint density at radius 2 is 1.96 bits per heavy atom. The van der Waals surface area contributed by atoms with Crippen LogP contribution in [-0.2, 0) is 4.87 Å². The third kappa shape index (κ3) is 3.47. The summed E-state index contributed by atoms with van der Waals surface area (Å²) in [6.07, 6.45) is 5.35. The van der Waals surface area contributed by atoms with Crippen molar-refractivity contribution in [2.45, 2.75) is 24.6 Å². The molecule has 6 nitrogen and oxygen atoms in total. The number of rotatable bonds is 6. The van der Waals surface area contributed by atoms with E-state index in [9.17, 15) is 0 Å². The number of thioether (sulfide) groups is 1. The van der Waals surface area contributed by atoms with E-state index in [4.69, 9.17) is 10.8 Å². The predicted octanol–water partition coefficient (Wildman–Crippen LogP) is 3.75. The summed E-state index contributed by atoms with van der Waals surface area (Å²) in [6, 6.07) is 14.4. The fourth-order valence-corrected chi connectivity index (χ4v) is 5.26. The quantitative estimate of drug-likeness (QED) is 0.683. The normalized spacial score (nSPS) is 19.3. The van der Waals surface area contributed by atoms with Crippen molar-refractivity contribution in [3.63, 3.8) is 0 Å². The zero-order valence-corrected chi connectivity index (χ0v) is 16.6. The molecule has 27 heavy (non-hydrogen) atoms. The number of benzene rings is 1. The molecule has 0 fully saturated rings. The molecule has 3 aromatic rings. The molecule has 0 saturated carbocycles. The lowest BCUT2D eigenvalue weighted by molar-refractivity contribution is 0.525. The van der Waals surface area contributed by atoms with Gasteiger partial charge in [0.1, 0.15) is 14.9 Å². The topological polar surface area (TPSA) is 80.3 Å². The van der Waals surface area contributed by atoms with E-state index in [1.807, 2.05) is 36.3 Å². The minimum Gasteiger partial charge on any atom is -0.330 e. The van der Waals surface area contributed by atoms with Gasteiger partial charge >= 0.3 is 0 Å². The number of hydrogen-bond acceptors (Lipinski definition) is 8. The van der Waals surface area contributed by atoms with Gasteiger partial charge in [-0.15, -0.1) is 10.2 Å². The number of anilines is 1. The molecule has 2 aromatic heterocycles. The highest BCUT2D eigenvalue weighted by Crippen LogP contribution is 2.52. The minimum atomic E-state index is -0.405. The Labute approximate surface area is 166 Å². The Bertz CT molecular complexity index is 928. The zero-order valence-electron chi connectivity index (χ0n) is 14.9. The van der Waals surface area contributed by atoms with Crippen LogP contribution in [0.15, 0.2) is 60.0 Å². The first kappa shape index (κ1) is 18.1. The molecule has 1 aliphatic rings. The molecule has 3 heterocycles. The minimum absolute atomic E-state index is 0.405. The summed E-state index contributed by atoms with van der Waals surface area (Å²) in [5.41, 5.74) is 8.06. The van der Waals surface area contributed by atoms with Crippen molar-refractivity contribution in [2.75, 3.05) is 11.6 Å². The van der Waals surface area contributed by atoms with E-state index < -0.39 is 4.87 Å². The molecular formula is C19H20N6S2. The van der Waals surface area contributed by atoms with Gasteiger partial charge in [-0.25, -0.2) is 5.01 Å². The molecule has 0 spiro atoms. The molecular weight excluding hydrogens is 376 g/mol. The number of hydrogen-bond donors (Lipinski definition) is 1. The van der Waals surface area contributed by atoms with Gasteiger partial charge in [0.2, 0.25) is 5.13 Å². The maximum atomic E-state index is 5.88. The van der Waals surface area contributed by atoms with Crippen LogP contribution >= 0.6 is 23.1 Å². The van der Waals surface area contributed by atoms with Crippen LogP contribution in [0.3, 0.4) is 0 Å². The van der Waals surface area contributed by atoms with Crippen LogP contribution in [0.25, 0.3) is 0 Å². The fraction of sp³-hybridized carbons (Fsp3) is 0.263. The average Bonchev–Trinajstić information content (AvgIpc) is 3.32. The Hall–Kier alpha value is -2.29. The lowest BCUT2D eigenvalue weighted by Crippen LogP contribution is -2.38. The highest BCUT2D eigenvalue weighted by molar-refractivity contribution is 8.15. The average molecular weight is 397 g/mol. The van der Waals surface area contributed by atoms with Crippen LogP contribution < -0.4 is 10.7 Å². The van der Waals surface area contributed by atoms with Gasteiger partial charge < -0.3 is 5.73 Å². The summed E-state index contributed by atoms with van der Waals surface area (Å²) in [5, 5.41) is 18.2. The molecule has 138 valence electrons. The van der Waals surface area contributed by atoms with Crippen LogP contribution in [-0.4, -0.2) is 26.8 Å². The standard InChI is InChI=1S/C19H20N6S2/c1-14-22-23-18(26-14)25-19(10-6-11-20,16-8-3-2-4-9-16)27-17(24-25)15-7-5-12-21-13-15/h2-5,7-9,12-13H,6,10-11,20H2,1H3. The molecule has 1 atom stereocenters. The van der Waals surface area contributed by atoms with E-state index in [1.54, 1.807) is 29.3 Å². The van der Waals surface area contributed by atoms with Crippen LogP contribution in [0, 0.1) is 6.92 Å². The summed E-state index contributed by atoms with van der Waals surface area (Å²) < 4.78 is 0.